The van der Waals surface area contributed by atoms with Crippen LogP contribution in [0.3, 0.4) is 0 Å². The van der Waals surface area contributed by atoms with E-state index in [4.69, 9.17) is 11.5 Å². The molecule has 0 aliphatic heterocycles. The van der Waals surface area contributed by atoms with Crippen molar-refractivity contribution in [2.24, 2.45) is 5.73 Å². The standard InChI is InChI=1S/C10H11N5O3S/c11-6-5-1-2-14-15-9(5)19-7(6)8(16)13-3-4-18-10(12)17/h1-2H,3-4,11H2,(H2,12,17)(H,13,16). The molecule has 0 saturated heterocycles. The van der Waals surface area contributed by atoms with Crippen LogP contribution in [0.5, 0.6) is 0 Å². The number of nitrogens with zero attached hydrogens (tertiary/aromatic N) is 2. The van der Waals surface area contributed by atoms with Gasteiger partial charge in [-0.05, 0) is 6.07 Å². The van der Waals surface area contributed by atoms with Gasteiger partial charge in [-0.25, -0.2) is 4.79 Å². The van der Waals surface area contributed by atoms with Gasteiger partial charge in [0.2, 0.25) is 0 Å². The lowest BCUT2D eigenvalue weighted by Gasteiger charge is -2.04. The number of primary amides is 1. The summed E-state index contributed by atoms with van der Waals surface area (Å²) in [6.07, 6.45) is 0.624. The van der Waals surface area contributed by atoms with Crippen LogP contribution in [0.4, 0.5) is 10.5 Å². The Kier molecular flexibility index (Phi) is 3.76. The van der Waals surface area contributed by atoms with Crippen LogP contribution in [-0.2, 0) is 4.74 Å². The van der Waals surface area contributed by atoms with Gasteiger partial charge in [-0.3, -0.25) is 4.79 Å². The number of hydrogen-bond donors (Lipinski definition) is 3. The Morgan fingerprint density at radius 3 is 2.95 bits per heavy atom. The van der Waals surface area contributed by atoms with E-state index < -0.39 is 6.09 Å². The predicted molar refractivity (Wildman–Crippen MR) is 69.7 cm³/mol. The molecule has 0 bridgehead atoms. The molecule has 2 heterocycles. The highest BCUT2D eigenvalue weighted by atomic mass is 32.1. The van der Waals surface area contributed by atoms with Crippen LogP contribution in [0.1, 0.15) is 9.67 Å². The van der Waals surface area contributed by atoms with Crippen molar-refractivity contribution in [3.05, 3.63) is 17.1 Å². The smallest absolute Gasteiger partial charge is 0.404 e. The van der Waals surface area contributed by atoms with Gasteiger partial charge >= 0.3 is 6.09 Å². The highest BCUT2D eigenvalue weighted by Gasteiger charge is 2.16. The maximum atomic E-state index is 11.9. The van der Waals surface area contributed by atoms with E-state index in [1.54, 1.807) is 6.07 Å². The zero-order valence-corrected chi connectivity index (χ0v) is 10.6. The van der Waals surface area contributed by atoms with Crippen LogP contribution in [0, 0.1) is 0 Å². The van der Waals surface area contributed by atoms with Crippen LogP contribution in [-0.4, -0.2) is 35.3 Å². The molecule has 2 amide bonds. The number of nitrogens with two attached hydrogens (primary N) is 2. The van der Waals surface area contributed by atoms with Crippen molar-refractivity contribution in [2.75, 3.05) is 18.9 Å². The zero-order valence-electron chi connectivity index (χ0n) is 9.75. The number of amides is 2. The molecular formula is C10H11N5O3S. The number of fused-ring (bicyclic) bond motifs is 1. The van der Waals surface area contributed by atoms with Crippen molar-refractivity contribution in [2.45, 2.75) is 0 Å². The van der Waals surface area contributed by atoms with Gasteiger partial charge in [0, 0.05) is 5.39 Å². The van der Waals surface area contributed by atoms with Crippen LogP contribution in [0.2, 0.25) is 0 Å². The van der Waals surface area contributed by atoms with Crippen molar-refractivity contribution in [1.29, 1.82) is 0 Å². The molecule has 0 aliphatic carbocycles. The summed E-state index contributed by atoms with van der Waals surface area (Å²) in [7, 11) is 0. The lowest BCUT2D eigenvalue weighted by atomic mass is 10.3. The van der Waals surface area contributed by atoms with E-state index in [0.717, 1.165) is 11.3 Å². The Balaban J connectivity index is 2.05. The SMILES string of the molecule is NC(=O)OCCNC(=O)c1sc2nnccc2c1N. The van der Waals surface area contributed by atoms with Crippen molar-refractivity contribution in [3.8, 4) is 0 Å². The number of ether oxygens (including phenoxy) is 1. The predicted octanol–water partition coefficient (Wildman–Crippen LogP) is 0.0986. The Hall–Kier alpha value is -2.42. The first-order valence-corrected chi connectivity index (χ1v) is 6.11. The molecule has 0 fully saturated rings. The minimum atomic E-state index is -0.883. The third kappa shape index (κ3) is 2.88. The molecule has 0 atom stereocenters. The summed E-state index contributed by atoms with van der Waals surface area (Å²) >= 11 is 1.15. The summed E-state index contributed by atoms with van der Waals surface area (Å²) in [6, 6.07) is 1.70. The third-order valence-corrected chi connectivity index (χ3v) is 3.36. The molecule has 0 saturated carbocycles. The maximum Gasteiger partial charge on any atom is 0.404 e. The van der Waals surface area contributed by atoms with Gasteiger partial charge in [-0.2, -0.15) is 5.10 Å². The largest absolute Gasteiger partial charge is 0.448 e. The molecule has 8 nitrogen and oxygen atoms in total. The fourth-order valence-corrected chi connectivity index (χ4v) is 2.39. The summed E-state index contributed by atoms with van der Waals surface area (Å²) in [6.45, 7) is 0.160. The lowest BCUT2D eigenvalue weighted by Crippen LogP contribution is -2.28. The Labute approximate surface area is 111 Å². The molecular weight excluding hydrogens is 270 g/mol. The summed E-state index contributed by atoms with van der Waals surface area (Å²) in [5.41, 5.74) is 11.0. The minimum Gasteiger partial charge on any atom is -0.448 e. The fourth-order valence-electron chi connectivity index (χ4n) is 1.44. The second-order valence-electron chi connectivity index (χ2n) is 3.52. The van der Waals surface area contributed by atoms with Crippen molar-refractivity contribution in [3.63, 3.8) is 0 Å². The van der Waals surface area contributed by atoms with Gasteiger partial charge in [-0.1, -0.05) is 0 Å². The van der Waals surface area contributed by atoms with E-state index in [1.165, 1.54) is 6.20 Å². The van der Waals surface area contributed by atoms with E-state index >= 15 is 0 Å². The van der Waals surface area contributed by atoms with Gasteiger partial charge in [0.05, 0.1) is 18.4 Å². The molecule has 5 N–H and O–H groups in total. The topological polar surface area (TPSA) is 133 Å². The number of thiophene rings is 1. The van der Waals surface area contributed by atoms with Gasteiger partial charge in [-0.15, -0.1) is 16.4 Å². The Morgan fingerprint density at radius 1 is 1.47 bits per heavy atom. The quantitative estimate of drug-likeness (QED) is 0.680. The van der Waals surface area contributed by atoms with Gasteiger partial charge in [0.1, 0.15) is 16.3 Å². The molecule has 0 radical (unpaired) electrons. The third-order valence-electron chi connectivity index (χ3n) is 2.26. The summed E-state index contributed by atoms with van der Waals surface area (Å²) in [4.78, 5) is 23.2. The second kappa shape index (κ2) is 5.48. The lowest BCUT2D eigenvalue weighted by molar-refractivity contribution is 0.0941. The van der Waals surface area contributed by atoms with E-state index in [1.807, 2.05) is 0 Å². The van der Waals surface area contributed by atoms with Gasteiger partial charge < -0.3 is 21.5 Å². The van der Waals surface area contributed by atoms with Gasteiger partial charge in [0.25, 0.3) is 5.91 Å². The molecule has 19 heavy (non-hydrogen) atoms. The van der Waals surface area contributed by atoms with Crippen LogP contribution < -0.4 is 16.8 Å². The number of anilines is 1. The van der Waals surface area contributed by atoms with Crippen LogP contribution in [0.25, 0.3) is 10.2 Å². The minimum absolute atomic E-state index is 0.00563. The highest BCUT2D eigenvalue weighted by Crippen LogP contribution is 2.31. The average Bonchev–Trinajstić information content (AvgIpc) is 2.72. The number of aromatic nitrogens is 2. The van der Waals surface area contributed by atoms with E-state index in [-0.39, 0.29) is 19.1 Å². The number of carbonyl (C=O) groups excluding carboxylic acids is 2. The molecule has 9 heteroatoms. The normalized spacial score (nSPS) is 10.3. The average molecular weight is 281 g/mol. The monoisotopic (exact) mass is 281 g/mol. The molecule has 0 spiro atoms. The van der Waals surface area contributed by atoms with E-state index in [2.05, 4.69) is 20.3 Å². The Morgan fingerprint density at radius 2 is 2.26 bits per heavy atom. The zero-order chi connectivity index (χ0) is 13.8. The summed E-state index contributed by atoms with van der Waals surface area (Å²) in [5.74, 6) is -0.353. The number of hydrogen-bond acceptors (Lipinski definition) is 7. The first-order chi connectivity index (χ1) is 9.09. The van der Waals surface area contributed by atoms with Gasteiger partial charge in [0.15, 0.2) is 0 Å². The maximum absolute atomic E-state index is 11.9. The molecule has 100 valence electrons. The van der Waals surface area contributed by atoms with Crippen LogP contribution >= 0.6 is 11.3 Å². The molecule has 2 rings (SSSR count). The Bertz CT molecular complexity index is 627. The summed E-state index contributed by atoms with van der Waals surface area (Å²) in [5, 5.41) is 10.9. The van der Waals surface area contributed by atoms with Crippen molar-refractivity contribution in [1.82, 2.24) is 15.5 Å². The fraction of sp³-hybridized carbons (Fsp3) is 0.200. The molecule has 2 aromatic rings. The highest BCUT2D eigenvalue weighted by molar-refractivity contribution is 7.21. The number of rotatable bonds is 4. The molecule has 0 aromatic carbocycles. The first kappa shape index (κ1) is 13.0. The van der Waals surface area contributed by atoms with Crippen molar-refractivity contribution < 1.29 is 14.3 Å². The molecule has 0 unspecified atom stereocenters. The molecule has 0 aliphatic rings. The van der Waals surface area contributed by atoms with E-state index in [0.29, 0.717) is 20.8 Å². The van der Waals surface area contributed by atoms with Crippen molar-refractivity contribution >= 4 is 39.2 Å². The first-order valence-electron chi connectivity index (χ1n) is 5.29. The van der Waals surface area contributed by atoms with E-state index in [9.17, 15) is 9.59 Å². The summed E-state index contributed by atoms with van der Waals surface area (Å²) < 4.78 is 4.49. The second-order valence-corrected chi connectivity index (χ2v) is 4.52. The van der Waals surface area contributed by atoms with Crippen LogP contribution in [0.15, 0.2) is 12.3 Å². The number of nitrogen functional groups attached to an aromatic ring is 1. The number of nitrogens with one attached hydrogen (secondary N) is 1. The molecule has 2 aromatic heterocycles. The number of carbonyl (C=O) groups is 2.